The lowest BCUT2D eigenvalue weighted by atomic mass is 10.2. The minimum atomic E-state index is -1.21. The lowest BCUT2D eigenvalue weighted by Gasteiger charge is -2.38. The van der Waals surface area contributed by atoms with E-state index in [1.54, 1.807) is 0 Å². The highest BCUT2D eigenvalue weighted by Gasteiger charge is 2.30. The second kappa shape index (κ2) is 3.49. The first kappa shape index (κ1) is 10.8. The van der Waals surface area contributed by atoms with Gasteiger partial charge in [-0.25, -0.2) is 4.90 Å². The van der Waals surface area contributed by atoms with E-state index >= 15 is 0 Å². The number of nitrogens with zero attached hydrogens (tertiary/aromatic N) is 1. The van der Waals surface area contributed by atoms with Gasteiger partial charge in [0.1, 0.15) is 18.2 Å². The van der Waals surface area contributed by atoms with E-state index in [2.05, 4.69) is 0 Å². The minimum absolute atomic E-state index is 0.866. The van der Waals surface area contributed by atoms with Crippen LogP contribution in [0.3, 0.4) is 0 Å². The quantitative estimate of drug-likeness (QED) is 0.499. The normalized spacial score (nSPS) is 18.5. The number of hydrogen-bond donors (Lipinski definition) is 3. The van der Waals surface area contributed by atoms with Gasteiger partial charge in [-0.15, -0.1) is 0 Å². The fourth-order valence-electron chi connectivity index (χ4n) is 1.23. The SMILES string of the molecule is CC(O)N(C(C)O)C(C)(C)O. The summed E-state index contributed by atoms with van der Waals surface area (Å²) in [7, 11) is 0. The van der Waals surface area contributed by atoms with Crippen molar-refractivity contribution in [2.24, 2.45) is 0 Å². The molecule has 0 fully saturated rings. The van der Waals surface area contributed by atoms with Crippen LogP contribution in [0.4, 0.5) is 0 Å². The average molecular weight is 163 g/mol. The maximum atomic E-state index is 9.42. The van der Waals surface area contributed by atoms with Gasteiger partial charge in [-0.2, -0.15) is 0 Å². The summed E-state index contributed by atoms with van der Waals surface area (Å²) in [6, 6.07) is 0. The molecule has 68 valence electrons. The van der Waals surface area contributed by atoms with Gasteiger partial charge < -0.3 is 15.3 Å². The molecule has 0 spiro atoms. The zero-order valence-electron chi connectivity index (χ0n) is 7.44. The van der Waals surface area contributed by atoms with Crippen LogP contribution in [0.2, 0.25) is 0 Å². The third kappa shape index (κ3) is 3.16. The van der Waals surface area contributed by atoms with E-state index in [4.69, 9.17) is 10.2 Å². The molecule has 0 aliphatic heterocycles. The Bertz CT molecular complexity index is 109. The molecule has 4 nitrogen and oxygen atoms in total. The highest BCUT2D eigenvalue weighted by atomic mass is 16.4. The van der Waals surface area contributed by atoms with Crippen molar-refractivity contribution >= 4 is 0 Å². The maximum Gasteiger partial charge on any atom is 0.116 e. The molecule has 0 aliphatic rings. The fourth-order valence-corrected chi connectivity index (χ4v) is 1.23. The van der Waals surface area contributed by atoms with Crippen LogP contribution in [0.5, 0.6) is 0 Å². The Morgan fingerprint density at radius 1 is 1.09 bits per heavy atom. The predicted octanol–water partition coefficient (Wildman–Crippen LogP) is -0.307. The van der Waals surface area contributed by atoms with E-state index in [9.17, 15) is 5.11 Å². The molecule has 0 bridgehead atoms. The second-order valence-corrected chi connectivity index (χ2v) is 3.17. The van der Waals surface area contributed by atoms with Crippen molar-refractivity contribution < 1.29 is 15.3 Å². The zero-order chi connectivity index (χ0) is 9.23. The summed E-state index contributed by atoms with van der Waals surface area (Å²) in [4.78, 5) is 1.19. The van der Waals surface area contributed by atoms with Crippen LogP contribution in [-0.2, 0) is 0 Å². The smallest absolute Gasteiger partial charge is 0.116 e. The summed E-state index contributed by atoms with van der Waals surface area (Å²) in [5, 5.41) is 27.7. The molecule has 0 amide bonds. The van der Waals surface area contributed by atoms with Gasteiger partial charge in [-0.1, -0.05) is 0 Å². The van der Waals surface area contributed by atoms with Crippen molar-refractivity contribution in [2.45, 2.75) is 45.9 Å². The van der Waals surface area contributed by atoms with Gasteiger partial charge in [0.2, 0.25) is 0 Å². The molecule has 2 atom stereocenters. The highest BCUT2D eigenvalue weighted by molar-refractivity contribution is 4.70. The predicted molar refractivity (Wildman–Crippen MR) is 41.5 cm³/mol. The van der Waals surface area contributed by atoms with Gasteiger partial charge in [0.05, 0.1) is 0 Å². The largest absolute Gasteiger partial charge is 0.379 e. The Labute approximate surface area is 67.1 Å². The fraction of sp³-hybridized carbons (Fsp3) is 1.00. The Morgan fingerprint density at radius 2 is 1.36 bits per heavy atom. The van der Waals surface area contributed by atoms with Gasteiger partial charge in [0.15, 0.2) is 0 Å². The summed E-state index contributed by atoms with van der Waals surface area (Å²) < 4.78 is 0. The van der Waals surface area contributed by atoms with E-state index < -0.39 is 18.2 Å². The molecule has 0 aromatic rings. The van der Waals surface area contributed by atoms with Crippen molar-refractivity contribution in [3.05, 3.63) is 0 Å². The molecule has 0 saturated heterocycles. The summed E-state index contributed by atoms with van der Waals surface area (Å²) >= 11 is 0. The van der Waals surface area contributed by atoms with Crippen molar-refractivity contribution in [2.75, 3.05) is 0 Å². The molecule has 0 rings (SSSR count). The van der Waals surface area contributed by atoms with E-state index in [1.165, 1.54) is 32.6 Å². The van der Waals surface area contributed by atoms with Crippen LogP contribution in [0, 0.1) is 0 Å². The van der Waals surface area contributed by atoms with Gasteiger partial charge in [0, 0.05) is 0 Å². The lowest BCUT2D eigenvalue weighted by Crippen LogP contribution is -2.53. The summed E-state index contributed by atoms with van der Waals surface area (Å²) in [5.41, 5.74) is -1.21. The number of rotatable bonds is 3. The third-order valence-electron chi connectivity index (χ3n) is 1.44. The van der Waals surface area contributed by atoms with Crippen molar-refractivity contribution in [1.29, 1.82) is 0 Å². The Kier molecular flexibility index (Phi) is 3.44. The van der Waals surface area contributed by atoms with Crippen LogP contribution in [0.25, 0.3) is 0 Å². The van der Waals surface area contributed by atoms with Crippen molar-refractivity contribution in [1.82, 2.24) is 4.90 Å². The number of aliphatic hydroxyl groups is 3. The van der Waals surface area contributed by atoms with Crippen LogP contribution in [0.1, 0.15) is 27.7 Å². The van der Waals surface area contributed by atoms with Crippen LogP contribution in [0.15, 0.2) is 0 Å². The Morgan fingerprint density at radius 3 is 1.36 bits per heavy atom. The second-order valence-electron chi connectivity index (χ2n) is 3.17. The lowest BCUT2D eigenvalue weighted by molar-refractivity contribution is -0.209. The highest BCUT2D eigenvalue weighted by Crippen LogP contribution is 2.15. The first-order valence-corrected chi connectivity index (χ1v) is 3.63. The summed E-state index contributed by atoms with van der Waals surface area (Å²) in [5.74, 6) is 0. The molecular weight excluding hydrogens is 146 g/mol. The topological polar surface area (TPSA) is 63.9 Å². The van der Waals surface area contributed by atoms with Crippen LogP contribution < -0.4 is 0 Å². The van der Waals surface area contributed by atoms with Crippen LogP contribution in [-0.4, -0.2) is 38.4 Å². The molecule has 2 unspecified atom stereocenters. The standard InChI is InChI=1S/C7H17NO3/c1-5(9)8(6(2)10)7(3,4)11/h5-6,9-11H,1-4H3. The van der Waals surface area contributed by atoms with Gasteiger partial charge in [-0.3, -0.25) is 0 Å². The van der Waals surface area contributed by atoms with Gasteiger partial charge >= 0.3 is 0 Å². The van der Waals surface area contributed by atoms with E-state index in [0.717, 1.165) is 0 Å². The molecule has 3 N–H and O–H groups in total. The van der Waals surface area contributed by atoms with Crippen molar-refractivity contribution in [3.63, 3.8) is 0 Å². The monoisotopic (exact) mass is 163 g/mol. The summed E-state index contributed by atoms with van der Waals surface area (Å²) in [6.07, 6.45) is -1.73. The Balaban J connectivity index is 4.35. The van der Waals surface area contributed by atoms with E-state index in [0.29, 0.717) is 0 Å². The third-order valence-corrected chi connectivity index (χ3v) is 1.44. The molecule has 0 saturated carbocycles. The summed E-state index contributed by atoms with van der Waals surface area (Å²) in [6.45, 7) is 5.99. The van der Waals surface area contributed by atoms with Crippen molar-refractivity contribution in [3.8, 4) is 0 Å². The first-order chi connectivity index (χ1) is 4.76. The average Bonchev–Trinajstić information content (AvgIpc) is 1.54. The molecule has 0 aliphatic carbocycles. The molecule has 0 aromatic heterocycles. The molecular formula is C7H17NO3. The van der Waals surface area contributed by atoms with Crippen LogP contribution >= 0.6 is 0 Å². The molecule has 0 radical (unpaired) electrons. The Hall–Kier alpha value is -0.160. The van der Waals surface area contributed by atoms with E-state index in [-0.39, 0.29) is 0 Å². The number of hydrogen-bond acceptors (Lipinski definition) is 4. The molecule has 11 heavy (non-hydrogen) atoms. The maximum absolute atomic E-state index is 9.42. The van der Waals surface area contributed by atoms with Gasteiger partial charge in [0.25, 0.3) is 0 Å². The minimum Gasteiger partial charge on any atom is -0.379 e. The number of aliphatic hydroxyl groups excluding tert-OH is 2. The van der Waals surface area contributed by atoms with E-state index in [1.807, 2.05) is 0 Å². The van der Waals surface area contributed by atoms with Gasteiger partial charge in [-0.05, 0) is 27.7 Å². The molecule has 0 aromatic carbocycles. The first-order valence-electron chi connectivity index (χ1n) is 3.63. The zero-order valence-corrected chi connectivity index (χ0v) is 7.44. The molecule has 4 heteroatoms. The molecule has 0 heterocycles.